The van der Waals surface area contributed by atoms with E-state index in [-0.39, 0.29) is 6.04 Å². The zero-order valence-corrected chi connectivity index (χ0v) is 11.7. The molecular weight excluding hydrogens is 228 g/mol. The molecule has 1 aliphatic heterocycles. The van der Waals surface area contributed by atoms with Crippen molar-refractivity contribution in [2.24, 2.45) is 10.9 Å². The molecule has 0 saturated heterocycles. The van der Waals surface area contributed by atoms with Crippen LogP contribution < -0.4 is 0 Å². The van der Waals surface area contributed by atoms with E-state index in [1.165, 1.54) is 10.6 Å². The van der Waals surface area contributed by atoms with Crippen molar-refractivity contribution in [3.8, 4) is 0 Å². The van der Waals surface area contributed by atoms with Crippen LogP contribution in [-0.2, 0) is 0 Å². The highest BCUT2D eigenvalue weighted by atomic mass is 32.2. The molecule has 2 rings (SSSR count). The van der Waals surface area contributed by atoms with Crippen molar-refractivity contribution in [1.29, 1.82) is 0 Å². The zero-order valence-electron chi connectivity index (χ0n) is 10.9. The van der Waals surface area contributed by atoms with Gasteiger partial charge in [-0.25, -0.2) is 0 Å². The van der Waals surface area contributed by atoms with Gasteiger partial charge in [-0.2, -0.15) is 0 Å². The molecule has 17 heavy (non-hydrogen) atoms. The van der Waals surface area contributed by atoms with Gasteiger partial charge < -0.3 is 0 Å². The van der Waals surface area contributed by atoms with Crippen LogP contribution in [0.2, 0.25) is 0 Å². The lowest BCUT2D eigenvalue weighted by molar-refractivity contribution is 0.349. The number of likely N-dealkylation sites (N-methyl/N-ethyl adjacent to an activating group) is 1. The molecule has 92 valence electrons. The summed E-state index contributed by atoms with van der Waals surface area (Å²) in [7, 11) is 4.26. The minimum absolute atomic E-state index is 0.272. The highest BCUT2D eigenvalue weighted by molar-refractivity contribution is 8.14. The topological polar surface area (TPSA) is 15.6 Å². The van der Waals surface area contributed by atoms with E-state index in [4.69, 9.17) is 4.99 Å². The summed E-state index contributed by atoms with van der Waals surface area (Å²) in [5, 5.41) is 1.70. The Morgan fingerprint density at radius 3 is 2.35 bits per heavy atom. The Labute approximate surface area is 108 Å². The Bertz CT molecular complexity index is 398. The number of thioether (sulfide) groups is 1. The van der Waals surface area contributed by atoms with Gasteiger partial charge >= 0.3 is 0 Å². The molecule has 1 aliphatic rings. The van der Waals surface area contributed by atoms with Gasteiger partial charge in [0.15, 0.2) is 0 Å². The predicted molar refractivity (Wildman–Crippen MR) is 76.5 cm³/mol. The highest BCUT2D eigenvalue weighted by Crippen LogP contribution is 2.40. The summed E-state index contributed by atoms with van der Waals surface area (Å²) in [5.41, 5.74) is 1.31. The number of hydrogen-bond acceptors (Lipinski definition) is 3. The standard InChI is InChI=1S/C14H20N2S/c1-10(2)13-15-12(14(17-13)16(3)4)11-8-6-5-7-9-11/h5-10,12,14H,1-4H3. The van der Waals surface area contributed by atoms with Gasteiger partial charge in [-0.1, -0.05) is 55.9 Å². The van der Waals surface area contributed by atoms with Crippen LogP contribution in [-0.4, -0.2) is 29.4 Å². The molecule has 3 heteroatoms. The molecule has 0 N–H and O–H groups in total. The Balaban J connectivity index is 2.29. The molecule has 0 radical (unpaired) electrons. The SMILES string of the molecule is CC(C)C1=NC(c2ccccc2)C(N(C)C)S1. The quantitative estimate of drug-likeness (QED) is 0.814. The second-order valence-corrected chi connectivity index (χ2v) is 6.09. The maximum atomic E-state index is 4.90. The first-order chi connectivity index (χ1) is 8.09. The zero-order chi connectivity index (χ0) is 12.4. The van der Waals surface area contributed by atoms with Crippen molar-refractivity contribution in [3.63, 3.8) is 0 Å². The third-order valence-electron chi connectivity index (χ3n) is 2.92. The molecule has 0 fully saturated rings. The molecule has 0 saturated carbocycles. The largest absolute Gasteiger partial charge is 0.295 e. The summed E-state index contributed by atoms with van der Waals surface area (Å²) >= 11 is 1.91. The molecule has 2 unspecified atom stereocenters. The van der Waals surface area contributed by atoms with E-state index < -0.39 is 0 Å². The van der Waals surface area contributed by atoms with Gasteiger partial charge in [0.1, 0.15) is 6.04 Å². The van der Waals surface area contributed by atoms with Crippen molar-refractivity contribution in [1.82, 2.24) is 4.90 Å². The fourth-order valence-electron chi connectivity index (χ4n) is 1.98. The minimum atomic E-state index is 0.272. The first kappa shape index (κ1) is 12.7. The van der Waals surface area contributed by atoms with E-state index in [0.717, 1.165) is 0 Å². The molecule has 0 bridgehead atoms. The molecule has 0 aromatic heterocycles. The Morgan fingerprint density at radius 1 is 1.18 bits per heavy atom. The predicted octanol–water partition coefficient (Wildman–Crippen LogP) is 3.42. The van der Waals surface area contributed by atoms with E-state index in [1.807, 2.05) is 11.8 Å². The van der Waals surface area contributed by atoms with Crippen LogP contribution >= 0.6 is 11.8 Å². The summed E-state index contributed by atoms with van der Waals surface area (Å²) in [5.74, 6) is 0.524. The number of benzene rings is 1. The van der Waals surface area contributed by atoms with Crippen LogP contribution in [0.1, 0.15) is 25.5 Å². The van der Waals surface area contributed by atoms with Gasteiger partial charge in [0, 0.05) is 5.92 Å². The summed E-state index contributed by atoms with van der Waals surface area (Å²) in [4.78, 5) is 7.16. The maximum Gasteiger partial charge on any atom is 0.101 e. The molecule has 1 aromatic carbocycles. The van der Waals surface area contributed by atoms with Crippen molar-refractivity contribution in [3.05, 3.63) is 35.9 Å². The second kappa shape index (κ2) is 5.23. The van der Waals surface area contributed by atoms with Gasteiger partial charge in [0.25, 0.3) is 0 Å². The van der Waals surface area contributed by atoms with E-state index in [9.17, 15) is 0 Å². The Morgan fingerprint density at radius 2 is 1.82 bits per heavy atom. The molecule has 2 nitrogen and oxygen atoms in total. The second-order valence-electron chi connectivity index (χ2n) is 4.95. The van der Waals surface area contributed by atoms with Crippen molar-refractivity contribution in [2.75, 3.05) is 14.1 Å². The first-order valence-corrected chi connectivity index (χ1v) is 6.93. The van der Waals surface area contributed by atoms with Crippen LogP contribution in [0.4, 0.5) is 0 Å². The van der Waals surface area contributed by atoms with Gasteiger partial charge in [-0.15, -0.1) is 0 Å². The van der Waals surface area contributed by atoms with Gasteiger partial charge in [-0.05, 0) is 19.7 Å². The smallest absolute Gasteiger partial charge is 0.101 e. The lowest BCUT2D eigenvalue weighted by atomic mass is 10.1. The molecule has 0 spiro atoms. The summed E-state index contributed by atoms with van der Waals surface area (Å²) in [6, 6.07) is 10.9. The minimum Gasteiger partial charge on any atom is -0.295 e. The fraction of sp³-hybridized carbons (Fsp3) is 0.500. The lowest BCUT2D eigenvalue weighted by Crippen LogP contribution is -2.28. The molecule has 0 aliphatic carbocycles. The summed E-state index contributed by atoms with van der Waals surface area (Å²) < 4.78 is 0. The maximum absolute atomic E-state index is 4.90. The highest BCUT2D eigenvalue weighted by Gasteiger charge is 2.33. The molecular formula is C14H20N2S. The summed E-state index contributed by atoms with van der Waals surface area (Å²) in [6.07, 6.45) is 0. The van der Waals surface area contributed by atoms with E-state index >= 15 is 0 Å². The van der Waals surface area contributed by atoms with Crippen LogP contribution in [0.3, 0.4) is 0 Å². The fourth-order valence-corrected chi connectivity index (χ4v) is 3.23. The normalized spacial score (nSPS) is 24.5. The lowest BCUT2D eigenvalue weighted by Gasteiger charge is -2.24. The van der Waals surface area contributed by atoms with Crippen LogP contribution in [0.5, 0.6) is 0 Å². The molecule has 0 amide bonds. The third kappa shape index (κ3) is 2.72. The van der Waals surface area contributed by atoms with E-state index in [1.54, 1.807) is 0 Å². The van der Waals surface area contributed by atoms with Crippen molar-refractivity contribution in [2.45, 2.75) is 25.3 Å². The number of rotatable bonds is 3. The van der Waals surface area contributed by atoms with Gasteiger partial charge in [0.2, 0.25) is 0 Å². The monoisotopic (exact) mass is 248 g/mol. The average molecular weight is 248 g/mol. The Kier molecular flexibility index (Phi) is 3.89. The van der Waals surface area contributed by atoms with Gasteiger partial charge in [-0.3, -0.25) is 9.89 Å². The number of nitrogens with zero attached hydrogens (tertiary/aromatic N) is 2. The summed E-state index contributed by atoms with van der Waals surface area (Å²) in [6.45, 7) is 4.43. The van der Waals surface area contributed by atoms with E-state index in [2.05, 4.69) is 63.2 Å². The average Bonchev–Trinajstić information content (AvgIpc) is 2.75. The van der Waals surface area contributed by atoms with Crippen LogP contribution in [0, 0.1) is 5.92 Å². The number of hydrogen-bond donors (Lipinski definition) is 0. The first-order valence-electron chi connectivity index (χ1n) is 6.05. The molecule has 1 heterocycles. The van der Waals surface area contributed by atoms with Gasteiger partial charge in [0.05, 0.1) is 10.4 Å². The van der Waals surface area contributed by atoms with Crippen molar-refractivity contribution >= 4 is 16.8 Å². The molecule has 2 atom stereocenters. The third-order valence-corrected chi connectivity index (χ3v) is 4.66. The van der Waals surface area contributed by atoms with Crippen LogP contribution in [0.15, 0.2) is 35.3 Å². The Hall–Kier alpha value is -0.800. The van der Waals surface area contributed by atoms with E-state index in [0.29, 0.717) is 11.3 Å². The van der Waals surface area contributed by atoms with Crippen molar-refractivity contribution < 1.29 is 0 Å². The molecule has 1 aromatic rings. The number of aliphatic imine (C=N–C) groups is 1. The van der Waals surface area contributed by atoms with Crippen LogP contribution in [0.25, 0.3) is 0 Å².